The van der Waals surface area contributed by atoms with Crippen molar-refractivity contribution in [1.82, 2.24) is 25.1 Å². The molecule has 0 atom stereocenters. The molecule has 18 heavy (non-hydrogen) atoms. The summed E-state index contributed by atoms with van der Waals surface area (Å²) in [5, 5.41) is 10.2. The molecule has 3 heterocycles. The third kappa shape index (κ3) is 2.15. The molecule has 3 aromatic heterocycles. The molecule has 0 bridgehead atoms. The van der Waals surface area contributed by atoms with Gasteiger partial charge in [0.25, 0.3) is 0 Å². The van der Waals surface area contributed by atoms with Crippen molar-refractivity contribution in [3.63, 3.8) is 0 Å². The topological polar surface area (TPSA) is 105 Å². The zero-order valence-corrected chi connectivity index (χ0v) is 10.8. The highest BCUT2D eigenvalue weighted by molar-refractivity contribution is 7.98. The zero-order valence-electron chi connectivity index (χ0n) is 9.12. The van der Waals surface area contributed by atoms with Gasteiger partial charge in [0, 0.05) is 0 Å². The fourth-order valence-corrected chi connectivity index (χ4v) is 2.89. The van der Waals surface area contributed by atoms with Gasteiger partial charge in [-0.25, -0.2) is 20.8 Å². The first kappa shape index (κ1) is 11.4. The van der Waals surface area contributed by atoms with Crippen LogP contribution < -0.4 is 11.3 Å². The zero-order chi connectivity index (χ0) is 12.4. The first-order valence-corrected chi connectivity index (χ1v) is 6.92. The lowest BCUT2D eigenvalue weighted by Crippen LogP contribution is -2.10. The number of aromatic nitrogens is 5. The van der Waals surface area contributed by atoms with Gasteiger partial charge in [-0.3, -0.25) is 5.10 Å². The summed E-state index contributed by atoms with van der Waals surface area (Å²) in [5.74, 6) is 7.43. The lowest BCUT2D eigenvalue weighted by atomic mass is 10.4. The molecule has 3 rings (SSSR count). The summed E-state index contributed by atoms with van der Waals surface area (Å²) in [7, 11) is 0. The number of nitrogen functional groups attached to an aromatic ring is 1. The number of hydrogen-bond acceptors (Lipinski definition) is 8. The van der Waals surface area contributed by atoms with Gasteiger partial charge in [-0.1, -0.05) is 11.8 Å². The standard InChI is InChI=1S/C9H9N7S2/c10-15-7-5-1-2-17-8(5)14-6(13-7)3-18-9-11-4-12-16-9/h1-2,4H,3,10H2,(H,11,12,16)(H,13,14,15). The molecular weight excluding hydrogens is 270 g/mol. The molecular formula is C9H9N7S2. The van der Waals surface area contributed by atoms with Crippen molar-refractivity contribution in [1.29, 1.82) is 0 Å². The highest BCUT2D eigenvalue weighted by atomic mass is 32.2. The first-order chi connectivity index (χ1) is 8.86. The van der Waals surface area contributed by atoms with Crippen molar-refractivity contribution in [2.24, 2.45) is 5.84 Å². The Labute approximate surface area is 110 Å². The number of fused-ring (bicyclic) bond motifs is 1. The number of hydrazine groups is 1. The largest absolute Gasteiger partial charge is 0.308 e. The first-order valence-electron chi connectivity index (χ1n) is 5.05. The van der Waals surface area contributed by atoms with Crippen LogP contribution in [0.15, 0.2) is 22.9 Å². The van der Waals surface area contributed by atoms with E-state index in [-0.39, 0.29) is 0 Å². The number of anilines is 1. The smallest absolute Gasteiger partial charge is 0.183 e. The minimum atomic E-state index is 0.609. The molecule has 7 nitrogen and oxygen atoms in total. The van der Waals surface area contributed by atoms with Crippen molar-refractivity contribution >= 4 is 39.1 Å². The van der Waals surface area contributed by atoms with E-state index in [1.165, 1.54) is 18.1 Å². The number of thioether (sulfide) groups is 1. The Morgan fingerprint density at radius 1 is 1.44 bits per heavy atom. The summed E-state index contributed by atoms with van der Waals surface area (Å²) in [5.41, 5.74) is 2.60. The molecule has 0 aliphatic rings. The Bertz CT molecular complexity index is 648. The van der Waals surface area contributed by atoms with E-state index in [0.717, 1.165) is 15.4 Å². The van der Waals surface area contributed by atoms with Crippen LogP contribution in [0.3, 0.4) is 0 Å². The lowest BCUT2D eigenvalue weighted by Gasteiger charge is -2.04. The number of nitrogens with zero attached hydrogens (tertiary/aromatic N) is 4. The van der Waals surface area contributed by atoms with Crippen LogP contribution in [0.5, 0.6) is 0 Å². The summed E-state index contributed by atoms with van der Waals surface area (Å²) in [6, 6.07) is 1.95. The van der Waals surface area contributed by atoms with Crippen molar-refractivity contribution in [2.45, 2.75) is 10.9 Å². The molecule has 92 valence electrons. The summed E-state index contributed by atoms with van der Waals surface area (Å²) in [6.07, 6.45) is 1.47. The molecule has 0 spiro atoms. The Kier molecular flexibility index (Phi) is 3.09. The van der Waals surface area contributed by atoms with Gasteiger partial charge in [0.05, 0.1) is 11.1 Å². The van der Waals surface area contributed by atoms with Gasteiger partial charge >= 0.3 is 0 Å². The Morgan fingerprint density at radius 2 is 2.39 bits per heavy atom. The number of rotatable bonds is 4. The van der Waals surface area contributed by atoms with Crippen LogP contribution in [-0.4, -0.2) is 25.1 Å². The van der Waals surface area contributed by atoms with Crippen LogP contribution >= 0.6 is 23.1 Å². The van der Waals surface area contributed by atoms with Crippen molar-refractivity contribution < 1.29 is 0 Å². The van der Waals surface area contributed by atoms with Crippen LogP contribution in [-0.2, 0) is 5.75 Å². The van der Waals surface area contributed by atoms with Gasteiger partial charge in [0.15, 0.2) is 11.0 Å². The van der Waals surface area contributed by atoms with Crippen LogP contribution in [0.2, 0.25) is 0 Å². The lowest BCUT2D eigenvalue weighted by molar-refractivity contribution is 0.967. The van der Waals surface area contributed by atoms with Gasteiger partial charge in [-0.2, -0.15) is 5.10 Å². The fourth-order valence-electron chi connectivity index (χ4n) is 1.47. The maximum absolute atomic E-state index is 5.46. The molecule has 0 radical (unpaired) electrons. The number of nitrogens with one attached hydrogen (secondary N) is 2. The maximum Gasteiger partial charge on any atom is 0.183 e. The number of H-pyrrole nitrogens is 1. The van der Waals surface area contributed by atoms with Crippen LogP contribution in [0.1, 0.15) is 5.82 Å². The average Bonchev–Trinajstić information content (AvgIpc) is 3.06. The van der Waals surface area contributed by atoms with E-state index in [4.69, 9.17) is 5.84 Å². The summed E-state index contributed by atoms with van der Waals surface area (Å²) in [6.45, 7) is 0. The highest BCUT2D eigenvalue weighted by Gasteiger charge is 2.08. The predicted molar refractivity (Wildman–Crippen MR) is 71.2 cm³/mol. The van der Waals surface area contributed by atoms with Crippen LogP contribution in [0, 0.1) is 0 Å². The van der Waals surface area contributed by atoms with E-state index < -0.39 is 0 Å². The number of nitrogens with two attached hydrogens (primary N) is 1. The number of aromatic amines is 1. The van der Waals surface area contributed by atoms with Crippen molar-refractivity contribution in [3.05, 3.63) is 23.6 Å². The molecule has 0 unspecified atom stereocenters. The molecule has 0 aliphatic heterocycles. The molecule has 0 saturated heterocycles. The Balaban J connectivity index is 1.87. The second kappa shape index (κ2) is 4.88. The molecule has 0 saturated carbocycles. The van der Waals surface area contributed by atoms with Crippen LogP contribution in [0.4, 0.5) is 5.82 Å². The SMILES string of the molecule is NNc1nc(CSc2ncn[nH]2)nc2sccc12. The normalized spacial score (nSPS) is 10.9. The third-order valence-electron chi connectivity index (χ3n) is 2.24. The molecule has 0 aliphatic carbocycles. The molecule has 3 aromatic rings. The van der Waals surface area contributed by atoms with E-state index in [1.807, 2.05) is 11.4 Å². The second-order valence-corrected chi connectivity index (χ2v) is 5.21. The minimum Gasteiger partial charge on any atom is -0.308 e. The second-order valence-electron chi connectivity index (χ2n) is 3.35. The van der Waals surface area contributed by atoms with E-state index in [9.17, 15) is 0 Å². The fraction of sp³-hybridized carbons (Fsp3) is 0.111. The van der Waals surface area contributed by atoms with Gasteiger partial charge in [-0.15, -0.1) is 11.3 Å². The molecule has 0 fully saturated rings. The highest BCUT2D eigenvalue weighted by Crippen LogP contribution is 2.26. The minimum absolute atomic E-state index is 0.609. The Morgan fingerprint density at radius 3 is 3.17 bits per heavy atom. The number of hydrogen-bond donors (Lipinski definition) is 3. The van der Waals surface area contributed by atoms with Gasteiger partial charge in [-0.05, 0) is 11.4 Å². The summed E-state index contributed by atoms with van der Waals surface area (Å²) >= 11 is 3.06. The van der Waals surface area contributed by atoms with Gasteiger partial charge in [0.1, 0.15) is 17.0 Å². The molecule has 4 N–H and O–H groups in total. The maximum atomic E-state index is 5.46. The van der Waals surface area contributed by atoms with Crippen molar-refractivity contribution in [2.75, 3.05) is 5.43 Å². The average molecular weight is 279 g/mol. The van der Waals surface area contributed by atoms with E-state index in [2.05, 4.69) is 30.6 Å². The monoisotopic (exact) mass is 279 g/mol. The third-order valence-corrected chi connectivity index (χ3v) is 3.92. The van der Waals surface area contributed by atoms with Crippen LogP contribution in [0.25, 0.3) is 10.2 Å². The van der Waals surface area contributed by atoms with Crippen molar-refractivity contribution in [3.8, 4) is 0 Å². The van der Waals surface area contributed by atoms with E-state index >= 15 is 0 Å². The molecule has 9 heteroatoms. The quantitative estimate of drug-likeness (QED) is 0.376. The predicted octanol–water partition coefficient (Wildman–Crippen LogP) is 1.39. The van der Waals surface area contributed by atoms with Gasteiger partial charge < -0.3 is 5.43 Å². The molecule has 0 amide bonds. The Hall–Kier alpha value is -1.71. The van der Waals surface area contributed by atoms with E-state index in [0.29, 0.717) is 17.4 Å². The van der Waals surface area contributed by atoms with Gasteiger partial charge in [0.2, 0.25) is 0 Å². The summed E-state index contributed by atoms with van der Waals surface area (Å²) in [4.78, 5) is 13.8. The van der Waals surface area contributed by atoms with E-state index in [1.54, 1.807) is 11.3 Å². The number of thiophene rings is 1. The molecule has 0 aromatic carbocycles. The summed E-state index contributed by atoms with van der Waals surface area (Å²) < 4.78 is 0.